The fourth-order valence-electron chi connectivity index (χ4n) is 4.06. The van der Waals surface area contributed by atoms with E-state index in [1.807, 2.05) is 24.5 Å². The highest BCUT2D eigenvalue weighted by molar-refractivity contribution is 8.15. The minimum Gasteiger partial charge on any atom is -0.496 e. The van der Waals surface area contributed by atoms with Crippen LogP contribution in [0.3, 0.4) is 0 Å². The number of thioether (sulfide) groups is 1. The highest BCUT2D eigenvalue weighted by Crippen LogP contribution is 2.45. The topological polar surface area (TPSA) is 69.2 Å². The number of hydrogen-bond acceptors (Lipinski definition) is 6. The number of aliphatic imine (C=N–C) groups is 2. The van der Waals surface area contributed by atoms with E-state index in [0.29, 0.717) is 5.84 Å². The third kappa shape index (κ3) is 3.31. The summed E-state index contributed by atoms with van der Waals surface area (Å²) in [6, 6.07) is 16.5. The molecular formula is C22H25N3O2S. The maximum atomic E-state index is 6.25. The summed E-state index contributed by atoms with van der Waals surface area (Å²) < 4.78 is 11.2. The van der Waals surface area contributed by atoms with Crippen molar-refractivity contribution < 1.29 is 9.47 Å². The van der Waals surface area contributed by atoms with Crippen molar-refractivity contribution in [3.05, 3.63) is 54.1 Å². The van der Waals surface area contributed by atoms with E-state index in [2.05, 4.69) is 30.3 Å². The molecule has 0 amide bonds. The lowest BCUT2D eigenvalue weighted by Crippen LogP contribution is -2.35. The zero-order valence-corrected chi connectivity index (χ0v) is 17.0. The molecule has 0 radical (unpaired) electrons. The number of hydrogen-bond donors (Lipinski definition) is 1. The van der Waals surface area contributed by atoms with Crippen LogP contribution < -0.4 is 10.5 Å². The van der Waals surface area contributed by atoms with Crippen molar-refractivity contribution >= 4 is 22.6 Å². The quantitative estimate of drug-likeness (QED) is 0.847. The van der Waals surface area contributed by atoms with Gasteiger partial charge in [-0.05, 0) is 36.8 Å². The van der Waals surface area contributed by atoms with Crippen molar-refractivity contribution in [2.75, 3.05) is 26.6 Å². The summed E-state index contributed by atoms with van der Waals surface area (Å²) in [5.41, 5.74) is 8.78. The van der Waals surface area contributed by atoms with Gasteiger partial charge in [-0.25, -0.2) is 9.98 Å². The van der Waals surface area contributed by atoms with E-state index in [-0.39, 0.29) is 5.92 Å². The average molecular weight is 396 g/mol. The van der Waals surface area contributed by atoms with Gasteiger partial charge in [-0.3, -0.25) is 0 Å². The molecule has 0 aliphatic carbocycles. The third-order valence-corrected chi connectivity index (χ3v) is 6.16. The number of rotatable bonds is 4. The Kier molecular flexibility index (Phi) is 5.42. The number of nitrogens with two attached hydrogens (primary N) is 1. The van der Waals surface area contributed by atoms with Crippen molar-refractivity contribution in [3.8, 4) is 16.9 Å². The molecule has 2 aromatic carbocycles. The SMILES string of the molecule is COc1ccccc1-c1cccc(C2(C3CCOCC3)N=C(N)C(SC)=N2)c1. The minimum atomic E-state index is -0.676. The molecule has 28 heavy (non-hydrogen) atoms. The van der Waals surface area contributed by atoms with E-state index >= 15 is 0 Å². The Balaban J connectivity index is 1.83. The molecule has 1 unspecified atom stereocenters. The summed E-state index contributed by atoms with van der Waals surface area (Å²) in [6.07, 6.45) is 3.83. The monoisotopic (exact) mass is 395 g/mol. The first-order valence-corrected chi connectivity index (χ1v) is 10.7. The molecule has 2 aliphatic rings. The Labute approximate surface area is 170 Å². The maximum Gasteiger partial charge on any atom is 0.182 e. The lowest BCUT2D eigenvalue weighted by molar-refractivity contribution is 0.0404. The Hall–Kier alpha value is -2.31. The second-order valence-electron chi connectivity index (χ2n) is 7.01. The molecule has 1 fully saturated rings. The van der Waals surface area contributed by atoms with Crippen LogP contribution in [0.2, 0.25) is 0 Å². The van der Waals surface area contributed by atoms with Crippen LogP contribution in [0.5, 0.6) is 5.75 Å². The van der Waals surface area contributed by atoms with Gasteiger partial charge in [0.15, 0.2) is 11.5 Å². The van der Waals surface area contributed by atoms with Crippen molar-refractivity contribution in [2.24, 2.45) is 21.6 Å². The Morgan fingerprint density at radius 2 is 1.89 bits per heavy atom. The predicted octanol–water partition coefficient (Wildman–Crippen LogP) is 4.07. The van der Waals surface area contributed by atoms with Crippen LogP contribution in [-0.2, 0) is 10.4 Å². The Bertz CT molecular complexity index is 922. The van der Waals surface area contributed by atoms with Crippen LogP contribution in [0, 0.1) is 5.92 Å². The molecule has 2 heterocycles. The van der Waals surface area contributed by atoms with Gasteiger partial charge in [-0.15, -0.1) is 11.8 Å². The van der Waals surface area contributed by atoms with Crippen molar-refractivity contribution in [1.29, 1.82) is 0 Å². The first kappa shape index (κ1) is 19.0. The summed E-state index contributed by atoms with van der Waals surface area (Å²) in [7, 11) is 1.70. The number of benzene rings is 2. The van der Waals surface area contributed by atoms with Crippen LogP contribution in [-0.4, -0.2) is 37.5 Å². The van der Waals surface area contributed by atoms with E-state index in [1.165, 1.54) is 0 Å². The van der Waals surface area contributed by atoms with E-state index in [1.54, 1.807) is 18.9 Å². The molecule has 0 saturated carbocycles. The minimum absolute atomic E-state index is 0.261. The number of para-hydroxylation sites is 1. The molecule has 146 valence electrons. The van der Waals surface area contributed by atoms with Crippen LogP contribution in [0.25, 0.3) is 11.1 Å². The summed E-state index contributed by atoms with van der Waals surface area (Å²) in [5, 5.41) is 0.814. The number of amidine groups is 1. The van der Waals surface area contributed by atoms with Gasteiger partial charge in [0, 0.05) is 30.3 Å². The molecule has 1 saturated heterocycles. The molecule has 2 aliphatic heterocycles. The average Bonchev–Trinajstić information content (AvgIpc) is 3.12. The predicted molar refractivity (Wildman–Crippen MR) is 116 cm³/mol. The lowest BCUT2D eigenvalue weighted by atomic mass is 9.81. The van der Waals surface area contributed by atoms with E-state index in [0.717, 1.165) is 53.5 Å². The molecule has 4 rings (SSSR count). The summed E-state index contributed by atoms with van der Waals surface area (Å²) >= 11 is 1.55. The smallest absolute Gasteiger partial charge is 0.182 e. The van der Waals surface area contributed by atoms with Gasteiger partial charge in [-0.2, -0.15) is 0 Å². The van der Waals surface area contributed by atoms with Gasteiger partial charge in [0.05, 0.1) is 7.11 Å². The number of methoxy groups -OCH3 is 1. The Morgan fingerprint density at radius 3 is 2.61 bits per heavy atom. The Morgan fingerprint density at radius 1 is 1.11 bits per heavy atom. The van der Waals surface area contributed by atoms with Gasteiger partial charge in [0.25, 0.3) is 0 Å². The van der Waals surface area contributed by atoms with E-state index in [4.69, 9.17) is 25.2 Å². The number of nitrogens with zero attached hydrogens (tertiary/aromatic N) is 2. The molecule has 2 N–H and O–H groups in total. The lowest BCUT2D eigenvalue weighted by Gasteiger charge is -2.35. The molecule has 0 aromatic heterocycles. The van der Waals surface area contributed by atoms with E-state index in [9.17, 15) is 0 Å². The highest BCUT2D eigenvalue weighted by Gasteiger charge is 2.45. The van der Waals surface area contributed by atoms with Gasteiger partial charge < -0.3 is 15.2 Å². The molecule has 5 nitrogen and oxygen atoms in total. The first-order chi connectivity index (χ1) is 13.7. The van der Waals surface area contributed by atoms with Crippen LogP contribution in [0.4, 0.5) is 0 Å². The second kappa shape index (κ2) is 7.97. The molecule has 2 aromatic rings. The summed E-state index contributed by atoms with van der Waals surface area (Å²) in [6.45, 7) is 1.47. The summed E-state index contributed by atoms with van der Waals surface area (Å²) in [4.78, 5) is 9.98. The van der Waals surface area contributed by atoms with Crippen LogP contribution in [0.1, 0.15) is 18.4 Å². The molecule has 1 atom stereocenters. The third-order valence-electron chi connectivity index (χ3n) is 5.47. The zero-order valence-electron chi connectivity index (χ0n) is 16.2. The molecule has 0 bridgehead atoms. The maximum absolute atomic E-state index is 6.25. The highest BCUT2D eigenvalue weighted by atomic mass is 32.2. The second-order valence-corrected chi connectivity index (χ2v) is 7.81. The van der Waals surface area contributed by atoms with Crippen molar-refractivity contribution in [2.45, 2.75) is 18.5 Å². The van der Waals surface area contributed by atoms with Gasteiger partial charge in [-0.1, -0.05) is 36.4 Å². The van der Waals surface area contributed by atoms with Gasteiger partial charge in [0.1, 0.15) is 10.8 Å². The number of ether oxygens (including phenoxy) is 2. The molecular weight excluding hydrogens is 370 g/mol. The zero-order chi connectivity index (χ0) is 19.6. The van der Waals surface area contributed by atoms with Gasteiger partial charge >= 0.3 is 0 Å². The van der Waals surface area contributed by atoms with Crippen molar-refractivity contribution in [3.63, 3.8) is 0 Å². The molecule has 0 spiro atoms. The first-order valence-electron chi connectivity index (χ1n) is 9.49. The normalized spacial score (nSPS) is 22.6. The van der Waals surface area contributed by atoms with Gasteiger partial charge in [0.2, 0.25) is 0 Å². The molecule has 6 heteroatoms. The van der Waals surface area contributed by atoms with E-state index < -0.39 is 5.66 Å². The largest absolute Gasteiger partial charge is 0.496 e. The fraction of sp³-hybridized carbons (Fsp3) is 0.364. The standard InChI is InChI=1S/C22H25N3O2S/c1-26-19-9-4-3-8-18(19)15-6-5-7-17(14-15)22(16-10-12-27-13-11-16)24-20(23)21(25-22)28-2/h3-9,14,16H,10-13H2,1-2H3,(H2,23,24). The van der Waals surface area contributed by atoms with Crippen molar-refractivity contribution in [1.82, 2.24) is 0 Å². The fourth-order valence-corrected chi connectivity index (χ4v) is 4.55. The van der Waals surface area contributed by atoms with Crippen LogP contribution in [0.15, 0.2) is 58.5 Å². The van der Waals surface area contributed by atoms with Crippen LogP contribution >= 0.6 is 11.8 Å². The summed E-state index contributed by atoms with van der Waals surface area (Å²) in [5.74, 6) is 1.64.